The molecule has 2 rings (SSSR count). The normalized spacial score (nSPS) is 10.6. The Hall–Kier alpha value is -1.56. The first-order valence-electron chi connectivity index (χ1n) is 4.42. The summed E-state index contributed by atoms with van der Waals surface area (Å²) in [6, 6.07) is 0. The lowest BCUT2D eigenvalue weighted by molar-refractivity contribution is 0.374. The molecule has 5 nitrogen and oxygen atoms in total. The van der Waals surface area contributed by atoms with Crippen molar-refractivity contribution < 1.29 is 4.74 Å². The van der Waals surface area contributed by atoms with Crippen LogP contribution >= 0.6 is 11.3 Å². The maximum absolute atomic E-state index is 5.60. The van der Waals surface area contributed by atoms with E-state index in [1.165, 1.54) is 11.3 Å². The standard InChI is InChI=1S/C9H12N4OS/c1-5-7(6-4-15-9(10)11-6)8(14-3)13(2)12-5/h4H,1-3H3,(H2,10,11). The van der Waals surface area contributed by atoms with Gasteiger partial charge in [0.15, 0.2) is 5.13 Å². The monoisotopic (exact) mass is 224 g/mol. The van der Waals surface area contributed by atoms with Gasteiger partial charge in [-0.2, -0.15) is 5.10 Å². The van der Waals surface area contributed by atoms with E-state index in [0.29, 0.717) is 11.0 Å². The van der Waals surface area contributed by atoms with E-state index >= 15 is 0 Å². The minimum Gasteiger partial charge on any atom is -0.481 e. The molecular formula is C9H12N4OS. The second kappa shape index (κ2) is 3.54. The van der Waals surface area contributed by atoms with Crippen molar-refractivity contribution in [3.05, 3.63) is 11.1 Å². The molecule has 0 aliphatic heterocycles. The van der Waals surface area contributed by atoms with Crippen LogP contribution in [0, 0.1) is 6.92 Å². The number of hydrogen-bond donors (Lipinski definition) is 1. The Kier molecular flexibility index (Phi) is 2.36. The highest BCUT2D eigenvalue weighted by molar-refractivity contribution is 7.13. The zero-order valence-electron chi connectivity index (χ0n) is 8.81. The Balaban J connectivity index is 2.61. The van der Waals surface area contributed by atoms with Crippen LogP contribution in [0.4, 0.5) is 5.13 Å². The Morgan fingerprint density at radius 2 is 2.27 bits per heavy atom. The highest BCUT2D eigenvalue weighted by Crippen LogP contribution is 2.33. The van der Waals surface area contributed by atoms with Crippen LogP contribution in [0.5, 0.6) is 5.88 Å². The van der Waals surface area contributed by atoms with Crippen molar-refractivity contribution in [2.24, 2.45) is 7.05 Å². The van der Waals surface area contributed by atoms with Crippen molar-refractivity contribution in [3.8, 4) is 17.1 Å². The number of nitrogens with zero attached hydrogens (tertiary/aromatic N) is 3. The molecule has 0 amide bonds. The van der Waals surface area contributed by atoms with E-state index in [1.807, 2.05) is 19.4 Å². The molecule has 2 heterocycles. The summed E-state index contributed by atoms with van der Waals surface area (Å²) in [6.45, 7) is 1.92. The molecule has 0 spiro atoms. The van der Waals surface area contributed by atoms with Crippen LogP contribution in [0.2, 0.25) is 0 Å². The molecule has 15 heavy (non-hydrogen) atoms. The van der Waals surface area contributed by atoms with E-state index < -0.39 is 0 Å². The predicted molar refractivity (Wildman–Crippen MR) is 60.0 cm³/mol. The SMILES string of the molecule is COc1c(-c2csc(N)n2)c(C)nn1C. The van der Waals surface area contributed by atoms with E-state index in [-0.39, 0.29) is 0 Å². The molecule has 0 aliphatic rings. The summed E-state index contributed by atoms with van der Waals surface area (Å²) in [5.74, 6) is 0.706. The largest absolute Gasteiger partial charge is 0.481 e. The van der Waals surface area contributed by atoms with Gasteiger partial charge in [0, 0.05) is 12.4 Å². The molecule has 0 aliphatic carbocycles. The maximum Gasteiger partial charge on any atom is 0.221 e. The van der Waals surface area contributed by atoms with Gasteiger partial charge in [0.05, 0.1) is 24.1 Å². The Bertz CT molecular complexity index is 488. The van der Waals surface area contributed by atoms with E-state index in [0.717, 1.165) is 17.0 Å². The van der Waals surface area contributed by atoms with Crippen molar-refractivity contribution in [3.63, 3.8) is 0 Å². The topological polar surface area (TPSA) is 66.0 Å². The van der Waals surface area contributed by atoms with E-state index in [1.54, 1.807) is 11.8 Å². The average molecular weight is 224 g/mol. The number of thiazole rings is 1. The van der Waals surface area contributed by atoms with Gasteiger partial charge in [0.2, 0.25) is 5.88 Å². The first-order valence-corrected chi connectivity index (χ1v) is 5.30. The third kappa shape index (κ3) is 1.56. The maximum atomic E-state index is 5.60. The highest BCUT2D eigenvalue weighted by Gasteiger charge is 2.17. The van der Waals surface area contributed by atoms with E-state index in [9.17, 15) is 0 Å². The molecule has 0 fully saturated rings. The number of aryl methyl sites for hydroxylation is 2. The molecule has 0 bridgehead atoms. The number of methoxy groups -OCH3 is 1. The first kappa shape index (κ1) is 9.97. The molecule has 0 radical (unpaired) electrons. The summed E-state index contributed by atoms with van der Waals surface area (Å²) in [6.07, 6.45) is 0. The molecule has 6 heteroatoms. The molecule has 0 saturated heterocycles. The zero-order chi connectivity index (χ0) is 11.0. The van der Waals surface area contributed by atoms with Gasteiger partial charge in [-0.05, 0) is 6.92 Å². The Morgan fingerprint density at radius 3 is 2.80 bits per heavy atom. The summed E-state index contributed by atoms with van der Waals surface area (Å²) in [5.41, 5.74) is 8.22. The third-order valence-electron chi connectivity index (χ3n) is 2.14. The van der Waals surface area contributed by atoms with Gasteiger partial charge in [-0.15, -0.1) is 11.3 Å². The average Bonchev–Trinajstić information content (AvgIpc) is 2.70. The first-order chi connectivity index (χ1) is 7.13. The van der Waals surface area contributed by atoms with Gasteiger partial charge >= 0.3 is 0 Å². The van der Waals surface area contributed by atoms with Crippen molar-refractivity contribution in [1.29, 1.82) is 0 Å². The second-order valence-corrected chi connectivity index (χ2v) is 4.05. The van der Waals surface area contributed by atoms with Gasteiger partial charge in [-0.25, -0.2) is 9.67 Å². The minimum atomic E-state index is 0.551. The lowest BCUT2D eigenvalue weighted by Crippen LogP contribution is -1.95. The summed E-state index contributed by atoms with van der Waals surface area (Å²) in [5, 5.41) is 6.74. The van der Waals surface area contributed by atoms with Crippen LogP contribution in [0.1, 0.15) is 5.69 Å². The Morgan fingerprint density at radius 1 is 1.53 bits per heavy atom. The lowest BCUT2D eigenvalue weighted by atomic mass is 10.2. The van der Waals surface area contributed by atoms with Gasteiger partial charge in [0.25, 0.3) is 0 Å². The molecule has 0 aromatic carbocycles. The summed E-state index contributed by atoms with van der Waals surface area (Å²) < 4.78 is 6.98. The smallest absolute Gasteiger partial charge is 0.221 e. The van der Waals surface area contributed by atoms with Gasteiger partial charge in [-0.3, -0.25) is 0 Å². The number of nitrogen functional groups attached to an aromatic ring is 1. The summed E-state index contributed by atoms with van der Waals surface area (Å²) in [4.78, 5) is 4.23. The van der Waals surface area contributed by atoms with Crippen LogP contribution in [-0.4, -0.2) is 21.9 Å². The molecule has 80 valence electrons. The fourth-order valence-electron chi connectivity index (χ4n) is 1.57. The van der Waals surface area contributed by atoms with Crippen LogP contribution in [0.15, 0.2) is 5.38 Å². The number of anilines is 1. The van der Waals surface area contributed by atoms with Crippen molar-refractivity contribution in [1.82, 2.24) is 14.8 Å². The number of rotatable bonds is 2. The van der Waals surface area contributed by atoms with Gasteiger partial charge in [0.1, 0.15) is 0 Å². The van der Waals surface area contributed by atoms with Crippen LogP contribution in [0.25, 0.3) is 11.3 Å². The van der Waals surface area contributed by atoms with Crippen molar-refractivity contribution in [2.75, 3.05) is 12.8 Å². The van der Waals surface area contributed by atoms with Crippen molar-refractivity contribution >= 4 is 16.5 Å². The second-order valence-electron chi connectivity index (χ2n) is 3.16. The Labute approximate surface area is 91.5 Å². The molecule has 0 atom stereocenters. The van der Waals surface area contributed by atoms with Gasteiger partial charge in [-0.1, -0.05) is 0 Å². The van der Waals surface area contributed by atoms with Gasteiger partial charge < -0.3 is 10.5 Å². The molecule has 0 unspecified atom stereocenters. The summed E-state index contributed by atoms with van der Waals surface area (Å²) in [7, 11) is 3.46. The predicted octanol–water partition coefficient (Wildman–Crippen LogP) is 1.44. The quantitative estimate of drug-likeness (QED) is 0.838. The van der Waals surface area contributed by atoms with E-state index in [2.05, 4.69) is 10.1 Å². The lowest BCUT2D eigenvalue weighted by Gasteiger charge is -2.01. The molecule has 2 aromatic heterocycles. The number of ether oxygens (including phenoxy) is 1. The fourth-order valence-corrected chi connectivity index (χ4v) is 2.12. The minimum absolute atomic E-state index is 0.551. The number of aromatic nitrogens is 3. The number of nitrogens with two attached hydrogens (primary N) is 1. The molecule has 2 N–H and O–H groups in total. The summed E-state index contributed by atoms with van der Waals surface area (Å²) >= 11 is 1.41. The number of hydrogen-bond acceptors (Lipinski definition) is 5. The van der Waals surface area contributed by atoms with Crippen molar-refractivity contribution in [2.45, 2.75) is 6.92 Å². The van der Waals surface area contributed by atoms with Crippen LogP contribution in [0.3, 0.4) is 0 Å². The van der Waals surface area contributed by atoms with E-state index in [4.69, 9.17) is 10.5 Å². The molecule has 2 aromatic rings. The van der Waals surface area contributed by atoms with Crippen LogP contribution in [-0.2, 0) is 7.05 Å². The zero-order valence-corrected chi connectivity index (χ0v) is 9.63. The highest BCUT2D eigenvalue weighted by atomic mass is 32.1. The fraction of sp³-hybridized carbons (Fsp3) is 0.333. The third-order valence-corrected chi connectivity index (χ3v) is 2.81. The molecular weight excluding hydrogens is 212 g/mol. The molecule has 0 saturated carbocycles. The van der Waals surface area contributed by atoms with Crippen LogP contribution < -0.4 is 10.5 Å².